The van der Waals surface area contributed by atoms with Gasteiger partial charge in [-0.1, -0.05) is 6.07 Å². The number of rotatable bonds is 3. The third kappa shape index (κ3) is 3.53. The molecule has 2 aliphatic rings. The van der Waals surface area contributed by atoms with Crippen molar-refractivity contribution in [1.82, 2.24) is 10.3 Å². The van der Waals surface area contributed by atoms with E-state index in [1.807, 2.05) is 19.1 Å². The minimum Gasteiger partial charge on any atom is -0.381 e. The number of carbonyl (C=O) groups is 1. The lowest BCUT2D eigenvalue weighted by molar-refractivity contribution is -0.125. The summed E-state index contributed by atoms with van der Waals surface area (Å²) in [6, 6.07) is 6.41. The van der Waals surface area contributed by atoms with Gasteiger partial charge >= 0.3 is 0 Å². The molecule has 0 spiro atoms. The average molecular weight is 289 g/mol. The molecule has 1 amide bonds. The molecule has 114 valence electrons. The van der Waals surface area contributed by atoms with Gasteiger partial charge < -0.3 is 15.0 Å². The molecule has 5 heteroatoms. The Bertz CT molecular complexity index is 492. The Morgan fingerprint density at radius 3 is 2.81 bits per heavy atom. The van der Waals surface area contributed by atoms with Gasteiger partial charge in [-0.3, -0.25) is 4.79 Å². The van der Waals surface area contributed by atoms with Crippen LogP contribution in [0.4, 0.5) is 5.82 Å². The van der Waals surface area contributed by atoms with Crippen LogP contribution in [0.1, 0.15) is 25.0 Å². The van der Waals surface area contributed by atoms with Crippen LogP contribution in [0.25, 0.3) is 0 Å². The number of aryl methyl sites for hydroxylation is 1. The van der Waals surface area contributed by atoms with E-state index in [9.17, 15) is 4.79 Å². The van der Waals surface area contributed by atoms with Crippen LogP contribution in [0.5, 0.6) is 0 Å². The van der Waals surface area contributed by atoms with Gasteiger partial charge in [0, 0.05) is 31.4 Å². The molecule has 1 aromatic heterocycles. The molecule has 5 nitrogen and oxygen atoms in total. The topological polar surface area (TPSA) is 54.5 Å². The van der Waals surface area contributed by atoms with E-state index in [4.69, 9.17) is 4.74 Å². The van der Waals surface area contributed by atoms with Crippen molar-refractivity contribution < 1.29 is 9.53 Å². The largest absolute Gasteiger partial charge is 0.381 e. The zero-order valence-electron chi connectivity index (χ0n) is 12.5. The molecule has 1 N–H and O–H groups in total. The Kier molecular flexibility index (Phi) is 4.39. The number of hydrogen-bond donors (Lipinski definition) is 1. The summed E-state index contributed by atoms with van der Waals surface area (Å²) in [6.07, 6.45) is 2.82. The van der Waals surface area contributed by atoms with Gasteiger partial charge in [0.2, 0.25) is 5.91 Å². The molecule has 1 aromatic rings. The molecule has 0 radical (unpaired) electrons. The number of amides is 1. The molecule has 21 heavy (non-hydrogen) atoms. The molecule has 2 aliphatic heterocycles. The molecule has 3 rings (SSSR count). The van der Waals surface area contributed by atoms with Crippen molar-refractivity contribution in [1.29, 1.82) is 0 Å². The highest BCUT2D eigenvalue weighted by molar-refractivity contribution is 5.79. The van der Waals surface area contributed by atoms with E-state index in [0.717, 1.165) is 50.5 Å². The van der Waals surface area contributed by atoms with Crippen LogP contribution >= 0.6 is 0 Å². The summed E-state index contributed by atoms with van der Waals surface area (Å²) < 4.78 is 5.28. The van der Waals surface area contributed by atoms with E-state index in [-0.39, 0.29) is 11.8 Å². The fraction of sp³-hybridized carbons (Fsp3) is 0.625. The van der Waals surface area contributed by atoms with Crippen LogP contribution in [-0.4, -0.2) is 43.2 Å². The van der Waals surface area contributed by atoms with Gasteiger partial charge in [0.25, 0.3) is 0 Å². The van der Waals surface area contributed by atoms with E-state index in [1.54, 1.807) is 0 Å². The maximum Gasteiger partial charge on any atom is 0.225 e. The van der Waals surface area contributed by atoms with E-state index < -0.39 is 0 Å². The van der Waals surface area contributed by atoms with Gasteiger partial charge in [0.15, 0.2) is 0 Å². The van der Waals surface area contributed by atoms with E-state index >= 15 is 0 Å². The van der Waals surface area contributed by atoms with Gasteiger partial charge in [-0.25, -0.2) is 4.98 Å². The number of carbonyl (C=O) groups excluding carboxylic acids is 1. The van der Waals surface area contributed by atoms with Crippen LogP contribution in [0, 0.1) is 12.8 Å². The normalized spacial score (nSPS) is 23.3. The van der Waals surface area contributed by atoms with Crippen LogP contribution in [-0.2, 0) is 9.53 Å². The van der Waals surface area contributed by atoms with Gasteiger partial charge in [0.1, 0.15) is 5.82 Å². The first-order valence-corrected chi connectivity index (χ1v) is 7.79. The molecule has 0 bridgehead atoms. The summed E-state index contributed by atoms with van der Waals surface area (Å²) in [7, 11) is 0. The molecule has 0 aliphatic carbocycles. The minimum absolute atomic E-state index is 0.0569. The van der Waals surface area contributed by atoms with E-state index in [0.29, 0.717) is 12.6 Å². The maximum absolute atomic E-state index is 12.1. The Hall–Kier alpha value is -1.62. The Labute approximate surface area is 125 Å². The SMILES string of the molecule is Cc1cccc(N2CCC(NC(=O)[C@H]3CCOC3)CC2)n1. The smallest absolute Gasteiger partial charge is 0.225 e. The van der Waals surface area contributed by atoms with Crippen LogP contribution in [0.2, 0.25) is 0 Å². The predicted octanol–water partition coefficient (Wildman–Crippen LogP) is 1.51. The van der Waals surface area contributed by atoms with E-state index in [2.05, 4.69) is 21.3 Å². The summed E-state index contributed by atoms with van der Waals surface area (Å²) in [6.45, 7) is 5.21. The minimum atomic E-state index is 0.0569. The highest BCUT2D eigenvalue weighted by Crippen LogP contribution is 2.19. The second-order valence-electron chi connectivity index (χ2n) is 5.97. The van der Waals surface area contributed by atoms with Crippen molar-refractivity contribution in [3.05, 3.63) is 23.9 Å². The average Bonchev–Trinajstić information content (AvgIpc) is 3.02. The number of anilines is 1. The quantitative estimate of drug-likeness (QED) is 0.916. The summed E-state index contributed by atoms with van der Waals surface area (Å²) in [5.74, 6) is 1.27. The molecular formula is C16H23N3O2. The fourth-order valence-corrected chi connectivity index (χ4v) is 3.02. The lowest BCUT2D eigenvalue weighted by Crippen LogP contribution is -2.46. The number of hydrogen-bond acceptors (Lipinski definition) is 4. The van der Waals surface area contributed by atoms with Crippen LogP contribution < -0.4 is 10.2 Å². The number of nitrogens with zero attached hydrogens (tertiary/aromatic N) is 2. The van der Waals surface area contributed by atoms with Gasteiger partial charge in [-0.2, -0.15) is 0 Å². The van der Waals surface area contributed by atoms with Crippen molar-refractivity contribution in [3.8, 4) is 0 Å². The van der Waals surface area contributed by atoms with Gasteiger partial charge in [-0.15, -0.1) is 0 Å². The van der Waals surface area contributed by atoms with Crippen molar-refractivity contribution in [2.75, 3.05) is 31.2 Å². The van der Waals surface area contributed by atoms with Gasteiger partial charge in [-0.05, 0) is 38.3 Å². The first-order valence-electron chi connectivity index (χ1n) is 7.79. The molecule has 3 heterocycles. The second-order valence-corrected chi connectivity index (χ2v) is 5.97. The zero-order valence-corrected chi connectivity index (χ0v) is 12.5. The van der Waals surface area contributed by atoms with Crippen LogP contribution in [0.3, 0.4) is 0 Å². The lowest BCUT2D eigenvalue weighted by Gasteiger charge is -2.33. The Balaban J connectivity index is 1.49. The highest BCUT2D eigenvalue weighted by atomic mass is 16.5. The first kappa shape index (κ1) is 14.3. The summed E-state index contributed by atoms with van der Waals surface area (Å²) in [4.78, 5) is 19.0. The summed E-state index contributed by atoms with van der Waals surface area (Å²) in [5, 5.41) is 3.18. The van der Waals surface area contributed by atoms with Crippen molar-refractivity contribution >= 4 is 11.7 Å². The molecular weight excluding hydrogens is 266 g/mol. The van der Waals surface area contributed by atoms with Crippen molar-refractivity contribution in [3.63, 3.8) is 0 Å². The second kappa shape index (κ2) is 6.43. The molecule has 2 saturated heterocycles. The molecule has 1 atom stereocenters. The van der Waals surface area contributed by atoms with Crippen molar-refractivity contribution in [2.24, 2.45) is 5.92 Å². The molecule has 2 fully saturated rings. The third-order valence-corrected chi connectivity index (χ3v) is 4.34. The lowest BCUT2D eigenvalue weighted by atomic mass is 10.0. The van der Waals surface area contributed by atoms with Gasteiger partial charge in [0.05, 0.1) is 12.5 Å². The Morgan fingerprint density at radius 2 is 2.14 bits per heavy atom. The number of ether oxygens (including phenoxy) is 1. The van der Waals surface area contributed by atoms with Crippen molar-refractivity contribution in [2.45, 2.75) is 32.2 Å². The Morgan fingerprint density at radius 1 is 1.33 bits per heavy atom. The molecule has 0 saturated carbocycles. The standard InChI is InChI=1S/C16H23N3O2/c1-12-3-2-4-15(17-12)19-8-5-14(6-9-19)18-16(20)13-7-10-21-11-13/h2-4,13-14H,5-11H2,1H3,(H,18,20)/t13-/m0/s1. The fourth-order valence-electron chi connectivity index (χ4n) is 3.02. The number of nitrogens with one attached hydrogen (secondary N) is 1. The highest BCUT2D eigenvalue weighted by Gasteiger charge is 2.27. The zero-order chi connectivity index (χ0) is 14.7. The molecule has 0 unspecified atom stereocenters. The first-order chi connectivity index (χ1) is 10.2. The number of aromatic nitrogens is 1. The molecule has 0 aromatic carbocycles. The summed E-state index contributed by atoms with van der Waals surface area (Å²) >= 11 is 0. The number of pyridine rings is 1. The number of piperidine rings is 1. The van der Waals surface area contributed by atoms with E-state index in [1.165, 1.54) is 0 Å². The maximum atomic E-state index is 12.1. The van der Waals surface area contributed by atoms with Crippen LogP contribution in [0.15, 0.2) is 18.2 Å². The monoisotopic (exact) mass is 289 g/mol. The summed E-state index contributed by atoms with van der Waals surface area (Å²) in [5.41, 5.74) is 1.05. The third-order valence-electron chi connectivity index (χ3n) is 4.34. The predicted molar refractivity (Wildman–Crippen MR) is 81.3 cm³/mol.